The molecule has 0 radical (unpaired) electrons. The summed E-state index contributed by atoms with van der Waals surface area (Å²) in [6, 6.07) is 14.6. The lowest BCUT2D eigenvalue weighted by molar-refractivity contribution is -0.137. The number of amides is 1. The highest BCUT2D eigenvalue weighted by molar-refractivity contribution is 7.98. The SMILES string of the molecule is O=C(Nc1cccc(SCc2cnc3[nH]c(C(=O)O)cc3c2)c1)c1cccc(C(F)(F)F)c1. The van der Waals surface area contributed by atoms with Crippen molar-refractivity contribution >= 4 is 40.4 Å². The number of aromatic carboxylic acids is 1. The number of H-pyrrole nitrogens is 1. The van der Waals surface area contributed by atoms with Crippen LogP contribution >= 0.6 is 11.8 Å². The first-order valence-electron chi connectivity index (χ1n) is 9.61. The number of aromatic amines is 1. The van der Waals surface area contributed by atoms with Crippen LogP contribution in [0.5, 0.6) is 0 Å². The molecule has 0 unspecified atom stereocenters. The highest BCUT2D eigenvalue weighted by Crippen LogP contribution is 2.30. The molecule has 0 aliphatic carbocycles. The van der Waals surface area contributed by atoms with Crippen LogP contribution in [0, 0.1) is 0 Å². The van der Waals surface area contributed by atoms with Crippen molar-refractivity contribution in [3.05, 3.63) is 89.2 Å². The van der Waals surface area contributed by atoms with E-state index in [0.29, 0.717) is 22.5 Å². The lowest BCUT2D eigenvalue weighted by atomic mass is 10.1. The molecule has 0 aliphatic heterocycles. The van der Waals surface area contributed by atoms with Crippen LogP contribution in [-0.2, 0) is 11.9 Å². The summed E-state index contributed by atoms with van der Waals surface area (Å²) in [7, 11) is 0. The number of carboxylic acids is 1. The average molecular weight is 471 g/mol. The zero-order valence-electron chi connectivity index (χ0n) is 16.8. The van der Waals surface area contributed by atoms with Gasteiger partial charge in [0, 0.05) is 33.5 Å². The number of thioether (sulfide) groups is 1. The second-order valence-electron chi connectivity index (χ2n) is 7.12. The molecule has 0 spiro atoms. The van der Waals surface area contributed by atoms with Crippen LogP contribution in [0.15, 0.2) is 71.8 Å². The van der Waals surface area contributed by atoms with E-state index in [1.165, 1.54) is 30.0 Å². The van der Waals surface area contributed by atoms with Gasteiger partial charge in [-0.15, -0.1) is 11.8 Å². The fraction of sp³-hybridized carbons (Fsp3) is 0.0870. The molecule has 4 rings (SSSR count). The number of hydrogen-bond donors (Lipinski definition) is 3. The maximum atomic E-state index is 12.9. The first kappa shape index (κ1) is 22.4. The molecule has 2 aromatic carbocycles. The van der Waals surface area contributed by atoms with Crippen LogP contribution < -0.4 is 5.32 Å². The molecule has 1 amide bonds. The van der Waals surface area contributed by atoms with Crippen LogP contribution in [0.25, 0.3) is 11.0 Å². The normalized spacial score (nSPS) is 11.5. The van der Waals surface area contributed by atoms with Gasteiger partial charge in [0.15, 0.2) is 0 Å². The molecular weight excluding hydrogens is 455 g/mol. The molecule has 4 aromatic rings. The van der Waals surface area contributed by atoms with Crippen molar-refractivity contribution in [2.24, 2.45) is 0 Å². The Morgan fingerprint density at radius 1 is 1.06 bits per heavy atom. The Bertz CT molecular complexity index is 1350. The minimum atomic E-state index is -4.53. The Kier molecular flexibility index (Phi) is 6.10. The molecular formula is C23H16F3N3O3S. The van der Waals surface area contributed by atoms with Crippen LogP contribution in [0.3, 0.4) is 0 Å². The highest BCUT2D eigenvalue weighted by atomic mass is 32.2. The second-order valence-corrected chi connectivity index (χ2v) is 8.17. The number of nitrogens with zero attached hydrogens (tertiary/aromatic N) is 1. The Hall–Kier alpha value is -3.79. The van der Waals surface area contributed by atoms with Crippen LogP contribution in [0.1, 0.15) is 32.0 Å². The molecule has 10 heteroatoms. The second kappa shape index (κ2) is 8.99. The van der Waals surface area contributed by atoms with Crippen molar-refractivity contribution in [2.75, 3.05) is 5.32 Å². The summed E-state index contributed by atoms with van der Waals surface area (Å²) in [5.74, 6) is -1.16. The van der Waals surface area contributed by atoms with Crippen molar-refractivity contribution in [3.8, 4) is 0 Å². The van der Waals surface area contributed by atoms with E-state index in [0.717, 1.165) is 22.6 Å². The van der Waals surface area contributed by atoms with E-state index in [9.17, 15) is 22.8 Å². The van der Waals surface area contributed by atoms with Gasteiger partial charge in [0.1, 0.15) is 11.3 Å². The number of benzene rings is 2. The zero-order valence-corrected chi connectivity index (χ0v) is 17.6. The number of anilines is 1. The van der Waals surface area contributed by atoms with Crippen molar-refractivity contribution < 1.29 is 27.9 Å². The summed E-state index contributed by atoms with van der Waals surface area (Å²) in [6.07, 6.45) is -2.88. The number of halogens is 3. The Morgan fingerprint density at radius 2 is 1.85 bits per heavy atom. The fourth-order valence-corrected chi connectivity index (χ4v) is 4.00. The predicted octanol–water partition coefficient (Wildman–Crippen LogP) is 5.82. The predicted molar refractivity (Wildman–Crippen MR) is 118 cm³/mol. The molecule has 6 nitrogen and oxygen atoms in total. The molecule has 3 N–H and O–H groups in total. The zero-order chi connectivity index (χ0) is 23.6. The van der Waals surface area contributed by atoms with Gasteiger partial charge in [0.25, 0.3) is 5.91 Å². The molecule has 33 heavy (non-hydrogen) atoms. The summed E-state index contributed by atoms with van der Waals surface area (Å²) in [5, 5.41) is 12.4. The number of aromatic nitrogens is 2. The molecule has 0 aliphatic rings. The van der Waals surface area contributed by atoms with Crippen molar-refractivity contribution in [1.29, 1.82) is 0 Å². The smallest absolute Gasteiger partial charge is 0.416 e. The first-order valence-corrected chi connectivity index (χ1v) is 10.6. The van der Waals surface area contributed by atoms with Gasteiger partial charge in [-0.05, 0) is 54.1 Å². The summed E-state index contributed by atoms with van der Waals surface area (Å²) in [6.45, 7) is 0. The third-order valence-corrected chi connectivity index (χ3v) is 5.77. The van der Waals surface area contributed by atoms with E-state index in [2.05, 4.69) is 15.3 Å². The first-order chi connectivity index (χ1) is 15.7. The van der Waals surface area contributed by atoms with E-state index in [-0.39, 0.29) is 11.3 Å². The minimum absolute atomic E-state index is 0.0616. The third-order valence-electron chi connectivity index (χ3n) is 4.71. The van der Waals surface area contributed by atoms with E-state index in [1.807, 2.05) is 12.1 Å². The Labute approximate surface area is 189 Å². The van der Waals surface area contributed by atoms with Gasteiger partial charge in [-0.2, -0.15) is 13.2 Å². The quantitative estimate of drug-likeness (QED) is 0.308. The molecule has 0 bridgehead atoms. The number of carbonyl (C=O) groups is 2. The topological polar surface area (TPSA) is 95.1 Å². The number of pyridine rings is 1. The Morgan fingerprint density at radius 3 is 2.61 bits per heavy atom. The Balaban J connectivity index is 1.43. The molecule has 168 valence electrons. The van der Waals surface area contributed by atoms with Crippen LogP contribution in [0.4, 0.5) is 18.9 Å². The standard InChI is InChI=1S/C23H16F3N3O3S/c24-23(25,26)16-4-1-3-14(8-16)21(30)28-17-5-2-6-18(10-17)33-12-13-7-15-9-19(22(31)32)29-20(15)27-11-13/h1-11H,12H2,(H,27,29)(H,28,30)(H,31,32). The van der Waals surface area contributed by atoms with Gasteiger partial charge in [-0.3, -0.25) is 4.79 Å². The summed E-state index contributed by atoms with van der Waals surface area (Å²) in [4.78, 5) is 31.3. The van der Waals surface area contributed by atoms with Gasteiger partial charge in [-0.1, -0.05) is 12.1 Å². The van der Waals surface area contributed by atoms with Gasteiger partial charge in [0.05, 0.1) is 5.56 Å². The lowest BCUT2D eigenvalue weighted by Gasteiger charge is -2.10. The summed E-state index contributed by atoms with van der Waals surface area (Å²) >= 11 is 1.47. The maximum Gasteiger partial charge on any atom is 0.416 e. The van der Waals surface area contributed by atoms with Gasteiger partial charge in [0.2, 0.25) is 0 Å². The third kappa shape index (κ3) is 5.35. The van der Waals surface area contributed by atoms with Crippen molar-refractivity contribution in [2.45, 2.75) is 16.8 Å². The van der Waals surface area contributed by atoms with Gasteiger partial charge in [-0.25, -0.2) is 9.78 Å². The molecule has 0 fully saturated rings. The molecule has 2 aromatic heterocycles. The molecule has 0 saturated carbocycles. The number of carboxylic acid groups (broad SMARTS) is 1. The van der Waals surface area contributed by atoms with E-state index >= 15 is 0 Å². The number of alkyl halides is 3. The maximum absolute atomic E-state index is 12.9. The summed E-state index contributed by atoms with van der Waals surface area (Å²) in [5.41, 5.74) is 0.902. The molecule has 2 heterocycles. The number of rotatable bonds is 6. The minimum Gasteiger partial charge on any atom is -0.477 e. The number of carbonyl (C=O) groups excluding carboxylic acids is 1. The van der Waals surface area contributed by atoms with Crippen LogP contribution in [0.2, 0.25) is 0 Å². The highest BCUT2D eigenvalue weighted by Gasteiger charge is 2.30. The van der Waals surface area contributed by atoms with E-state index in [4.69, 9.17) is 5.11 Å². The van der Waals surface area contributed by atoms with Crippen molar-refractivity contribution in [3.63, 3.8) is 0 Å². The monoisotopic (exact) mass is 471 g/mol. The van der Waals surface area contributed by atoms with Gasteiger partial charge >= 0.3 is 12.1 Å². The largest absolute Gasteiger partial charge is 0.477 e. The van der Waals surface area contributed by atoms with E-state index < -0.39 is 23.6 Å². The number of nitrogens with one attached hydrogen (secondary N) is 2. The van der Waals surface area contributed by atoms with Crippen molar-refractivity contribution in [1.82, 2.24) is 9.97 Å². The molecule has 0 saturated heterocycles. The average Bonchev–Trinajstić information content (AvgIpc) is 3.21. The van der Waals surface area contributed by atoms with Crippen LogP contribution in [-0.4, -0.2) is 27.0 Å². The number of hydrogen-bond acceptors (Lipinski definition) is 4. The van der Waals surface area contributed by atoms with Gasteiger partial charge < -0.3 is 15.4 Å². The molecule has 0 atom stereocenters. The summed E-state index contributed by atoms with van der Waals surface area (Å²) < 4.78 is 38.7. The number of fused-ring (bicyclic) bond motifs is 1. The lowest BCUT2D eigenvalue weighted by Crippen LogP contribution is -2.13. The van der Waals surface area contributed by atoms with E-state index in [1.54, 1.807) is 24.4 Å². The fourth-order valence-electron chi connectivity index (χ4n) is 3.13.